The zero-order chi connectivity index (χ0) is 17.1. The van der Waals surface area contributed by atoms with E-state index in [1.54, 1.807) is 18.8 Å². The molecule has 2 heterocycles. The molecule has 2 atom stereocenters. The summed E-state index contributed by atoms with van der Waals surface area (Å²) in [4.78, 5) is 18.8. The molecule has 0 radical (unpaired) electrons. The average molecular weight is 405 g/mol. The molecule has 0 spiro atoms. The number of fused-ring (bicyclic) bond motifs is 1. The van der Waals surface area contributed by atoms with E-state index in [-0.39, 0.29) is 42.5 Å². The fourth-order valence-corrected chi connectivity index (χ4v) is 3.19. The maximum Gasteiger partial charge on any atom is 0.269 e. The lowest BCUT2D eigenvalue weighted by atomic mass is 10.0. The second-order valence-electron chi connectivity index (χ2n) is 6.13. The molecule has 0 aliphatic carbocycles. The monoisotopic (exact) mass is 404 g/mol. The van der Waals surface area contributed by atoms with E-state index in [2.05, 4.69) is 9.88 Å². The number of halogens is 2. The number of ether oxygens (including phenoxy) is 2. The van der Waals surface area contributed by atoms with Crippen molar-refractivity contribution in [3.05, 3.63) is 34.7 Å². The van der Waals surface area contributed by atoms with Gasteiger partial charge in [0.25, 0.3) is 5.56 Å². The Labute approximate surface area is 165 Å². The Hall–Kier alpha value is -1.38. The van der Waals surface area contributed by atoms with Crippen molar-refractivity contribution in [1.82, 2.24) is 14.5 Å². The van der Waals surface area contributed by atoms with Gasteiger partial charge < -0.3 is 19.8 Å². The Kier molecular flexibility index (Phi) is 8.79. The fourth-order valence-electron chi connectivity index (χ4n) is 3.19. The first-order valence-corrected chi connectivity index (χ1v) is 8.16. The number of rotatable bonds is 5. The Morgan fingerprint density at radius 3 is 2.73 bits per heavy atom. The van der Waals surface area contributed by atoms with Gasteiger partial charge in [-0.2, -0.15) is 0 Å². The van der Waals surface area contributed by atoms with E-state index in [1.807, 2.05) is 18.2 Å². The number of likely N-dealkylation sites (tertiary alicyclic amines) is 1. The molecule has 0 unspecified atom stereocenters. The third-order valence-electron chi connectivity index (χ3n) is 4.69. The smallest absolute Gasteiger partial charge is 0.269 e. The van der Waals surface area contributed by atoms with Crippen molar-refractivity contribution in [3.8, 4) is 5.75 Å². The summed E-state index contributed by atoms with van der Waals surface area (Å²) in [7, 11) is 3.31. The number of nitrogens with zero attached hydrogens (tertiary/aromatic N) is 3. The van der Waals surface area contributed by atoms with Gasteiger partial charge in [-0.15, -0.1) is 24.8 Å². The lowest BCUT2D eigenvalue weighted by Gasteiger charge is -2.36. The summed E-state index contributed by atoms with van der Waals surface area (Å²) in [5, 5.41) is 0. The summed E-state index contributed by atoms with van der Waals surface area (Å²) < 4.78 is 12.5. The third kappa shape index (κ3) is 4.86. The highest BCUT2D eigenvalue weighted by Crippen LogP contribution is 2.18. The number of hydrogen-bond acceptors (Lipinski definition) is 6. The van der Waals surface area contributed by atoms with E-state index < -0.39 is 0 Å². The summed E-state index contributed by atoms with van der Waals surface area (Å²) in [6, 6.07) is 5.65. The first-order valence-electron chi connectivity index (χ1n) is 8.16. The molecule has 1 aromatic carbocycles. The van der Waals surface area contributed by atoms with Gasteiger partial charge >= 0.3 is 0 Å². The Balaban J connectivity index is 0.00000169. The second-order valence-corrected chi connectivity index (χ2v) is 6.13. The van der Waals surface area contributed by atoms with Crippen LogP contribution in [0.15, 0.2) is 29.2 Å². The minimum atomic E-state index is -0.104. The van der Waals surface area contributed by atoms with Gasteiger partial charge in [-0.05, 0) is 25.1 Å². The molecule has 3 rings (SSSR count). The summed E-state index contributed by atoms with van der Waals surface area (Å²) in [5.41, 5.74) is 7.53. The van der Waals surface area contributed by atoms with E-state index >= 15 is 0 Å². The van der Waals surface area contributed by atoms with E-state index in [4.69, 9.17) is 15.2 Å². The van der Waals surface area contributed by atoms with Gasteiger partial charge in [-0.3, -0.25) is 9.69 Å². The van der Waals surface area contributed by atoms with Crippen LogP contribution in [-0.2, 0) is 11.3 Å². The molecular weight excluding hydrogens is 379 g/mol. The highest BCUT2D eigenvalue weighted by Gasteiger charge is 2.26. The van der Waals surface area contributed by atoms with Gasteiger partial charge in [0.1, 0.15) is 5.75 Å². The van der Waals surface area contributed by atoms with Gasteiger partial charge in [0.05, 0.1) is 30.4 Å². The zero-order valence-electron chi connectivity index (χ0n) is 15.0. The van der Waals surface area contributed by atoms with E-state index in [0.29, 0.717) is 12.3 Å². The van der Waals surface area contributed by atoms with Gasteiger partial charge in [-0.25, -0.2) is 4.98 Å². The normalized spacial score (nSPS) is 20.3. The maximum atomic E-state index is 12.3. The number of aromatic nitrogens is 2. The molecule has 26 heavy (non-hydrogen) atoms. The van der Waals surface area contributed by atoms with Crippen molar-refractivity contribution in [1.29, 1.82) is 0 Å². The minimum absolute atomic E-state index is 0. The molecule has 7 nitrogen and oxygen atoms in total. The van der Waals surface area contributed by atoms with Gasteiger partial charge in [-0.1, -0.05) is 0 Å². The number of benzene rings is 1. The molecule has 2 aromatic rings. The molecule has 0 amide bonds. The quantitative estimate of drug-likeness (QED) is 0.808. The number of piperidine rings is 1. The first-order chi connectivity index (χ1) is 11.6. The predicted octanol–water partition coefficient (Wildman–Crippen LogP) is 1.30. The molecule has 1 aliphatic heterocycles. The first kappa shape index (κ1) is 22.7. The topological polar surface area (TPSA) is 82.6 Å². The Morgan fingerprint density at radius 1 is 1.27 bits per heavy atom. The largest absolute Gasteiger partial charge is 0.497 e. The Morgan fingerprint density at radius 2 is 2.04 bits per heavy atom. The van der Waals surface area contributed by atoms with Crippen LogP contribution < -0.4 is 16.0 Å². The van der Waals surface area contributed by atoms with Crippen LogP contribution in [-0.4, -0.2) is 60.5 Å². The van der Waals surface area contributed by atoms with Gasteiger partial charge in [0.15, 0.2) is 0 Å². The summed E-state index contributed by atoms with van der Waals surface area (Å²) in [5.74, 6) is 0.715. The van der Waals surface area contributed by atoms with Crippen molar-refractivity contribution >= 4 is 35.8 Å². The molecule has 2 N–H and O–H groups in total. The fraction of sp³-hybridized carbons (Fsp3) is 0.529. The van der Waals surface area contributed by atoms with Crippen LogP contribution in [0, 0.1) is 0 Å². The standard InChI is InChI=1S/C17H24N4O3.2ClH/c1-23-12-3-4-14-15(9-12)21(17(22)10-19-14)8-7-20-6-5-13(18)16(11-20)24-2;;/h3-4,9-10,13,16H,5-8,11,18H2,1-2H3;2*1H/t13-,16-;;/m1../s1. The summed E-state index contributed by atoms with van der Waals surface area (Å²) in [6.07, 6.45) is 2.32. The Bertz CT molecular complexity index is 771. The van der Waals surface area contributed by atoms with Crippen LogP contribution in [0.3, 0.4) is 0 Å². The third-order valence-corrected chi connectivity index (χ3v) is 4.69. The highest BCUT2D eigenvalue weighted by molar-refractivity contribution is 5.85. The van der Waals surface area contributed by atoms with Crippen molar-refractivity contribution < 1.29 is 9.47 Å². The molecule has 146 valence electrons. The minimum Gasteiger partial charge on any atom is -0.497 e. The van der Waals surface area contributed by atoms with Gasteiger partial charge in [0, 0.05) is 38.9 Å². The number of hydrogen-bond donors (Lipinski definition) is 1. The molecule has 1 fully saturated rings. The van der Waals surface area contributed by atoms with Crippen molar-refractivity contribution in [2.45, 2.75) is 25.1 Å². The molecule has 9 heteroatoms. The lowest BCUT2D eigenvalue weighted by molar-refractivity contribution is 0.0158. The molecule has 0 bridgehead atoms. The maximum absolute atomic E-state index is 12.3. The van der Waals surface area contributed by atoms with Crippen LogP contribution >= 0.6 is 24.8 Å². The van der Waals surface area contributed by atoms with E-state index in [1.165, 1.54) is 6.20 Å². The zero-order valence-corrected chi connectivity index (χ0v) is 16.6. The number of methoxy groups -OCH3 is 2. The predicted molar refractivity (Wildman–Crippen MR) is 107 cm³/mol. The van der Waals surface area contributed by atoms with Crippen LogP contribution in [0.2, 0.25) is 0 Å². The van der Waals surface area contributed by atoms with Crippen LogP contribution in [0.25, 0.3) is 11.0 Å². The highest BCUT2D eigenvalue weighted by atomic mass is 35.5. The van der Waals surface area contributed by atoms with Crippen LogP contribution in [0.1, 0.15) is 6.42 Å². The van der Waals surface area contributed by atoms with E-state index in [0.717, 1.165) is 37.1 Å². The molecule has 0 saturated carbocycles. The van der Waals surface area contributed by atoms with E-state index in [9.17, 15) is 4.79 Å². The van der Waals surface area contributed by atoms with Crippen LogP contribution in [0.4, 0.5) is 0 Å². The molecule has 1 aromatic heterocycles. The SMILES string of the molecule is COc1ccc2ncc(=O)n(CCN3CC[C@@H](N)[C@H](OC)C3)c2c1.Cl.Cl. The van der Waals surface area contributed by atoms with Crippen molar-refractivity contribution in [2.24, 2.45) is 5.73 Å². The van der Waals surface area contributed by atoms with Crippen LogP contribution in [0.5, 0.6) is 5.75 Å². The summed E-state index contributed by atoms with van der Waals surface area (Å²) >= 11 is 0. The summed E-state index contributed by atoms with van der Waals surface area (Å²) in [6.45, 7) is 3.07. The number of nitrogens with two attached hydrogens (primary N) is 1. The molecular formula is C17H26Cl2N4O3. The van der Waals surface area contributed by atoms with Crippen molar-refractivity contribution in [2.75, 3.05) is 33.9 Å². The van der Waals surface area contributed by atoms with Crippen molar-refractivity contribution in [3.63, 3.8) is 0 Å². The van der Waals surface area contributed by atoms with Gasteiger partial charge in [0.2, 0.25) is 0 Å². The molecule has 1 saturated heterocycles. The average Bonchev–Trinajstić information content (AvgIpc) is 2.61. The second kappa shape index (κ2) is 10.1. The molecule has 1 aliphatic rings. The lowest BCUT2D eigenvalue weighted by Crippen LogP contribution is -2.52.